The van der Waals surface area contributed by atoms with Gasteiger partial charge in [-0.1, -0.05) is 12.1 Å². The summed E-state index contributed by atoms with van der Waals surface area (Å²) < 4.78 is 8.76. The second-order valence-electron chi connectivity index (χ2n) is 2.28. The van der Waals surface area contributed by atoms with Gasteiger partial charge in [0, 0.05) is 6.07 Å². The summed E-state index contributed by atoms with van der Waals surface area (Å²) in [5.41, 5.74) is -0.280. The molecule has 1 aromatic rings. The topological polar surface area (TPSA) is 78.7 Å². The number of ether oxygens (including phenoxy) is 2. The summed E-state index contributed by atoms with van der Waals surface area (Å²) in [7, 11) is 1.12. The highest BCUT2D eigenvalue weighted by Crippen LogP contribution is 2.25. The highest BCUT2D eigenvalue weighted by molar-refractivity contribution is 5.66. The Kier molecular flexibility index (Phi) is 3.01. The van der Waals surface area contributed by atoms with Gasteiger partial charge in [0.05, 0.1) is 12.0 Å². The Bertz CT molecular complexity index is 363. The van der Waals surface area contributed by atoms with Gasteiger partial charge in [0.15, 0.2) is 0 Å². The summed E-state index contributed by atoms with van der Waals surface area (Å²) in [5.74, 6) is -0.135. The van der Waals surface area contributed by atoms with E-state index in [0.29, 0.717) is 0 Å². The van der Waals surface area contributed by atoms with Gasteiger partial charge < -0.3 is 9.47 Å². The summed E-state index contributed by atoms with van der Waals surface area (Å²) in [6.07, 6.45) is -0.987. The second-order valence-corrected chi connectivity index (χ2v) is 2.28. The molecule has 0 aliphatic heterocycles. The van der Waals surface area contributed by atoms with Crippen LogP contribution < -0.4 is 4.74 Å². The Balaban J connectivity index is 2.95. The van der Waals surface area contributed by atoms with Crippen LogP contribution in [0.15, 0.2) is 24.3 Å². The predicted octanol–water partition coefficient (Wildman–Crippen LogP) is 1.74. The molecule has 0 unspecified atom stereocenters. The van der Waals surface area contributed by atoms with Gasteiger partial charge >= 0.3 is 11.8 Å². The summed E-state index contributed by atoms with van der Waals surface area (Å²) in [4.78, 5) is 20.5. The average Bonchev–Trinajstić information content (AvgIpc) is 2.18. The maximum Gasteiger partial charge on any atom is 0.513 e. The molecule has 0 aliphatic carbocycles. The van der Waals surface area contributed by atoms with Crippen LogP contribution in [0.1, 0.15) is 0 Å². The maximum absolute atomic E-state index is 10.7. The minimum Gasteiger partial charge on any atom is -0.437 e. The maximum atomic E-state index is 10.7. The molecule has 14 heavy (non-hydrogen) atoms. The summed E-state index contributed by atoms with van der Waals surface area (Å²) in [6.45, 7) is 0. The smallest absolute Gasteiger partial charge is 0.437 e. The van der Waals surface area contributed by atoms with Crippen LogP contribution in [0.5, 0.6) is 5.75 Å². The van der Waals surface area contributed by atoms with Gasteiger partial charge in [-0.15, -0.1) is 0 Å². The number of nitro benzene ring substituents is 1. The highest BCUT2D eigenvalue weighted by Gasteiger charge is 2.16. The zero-order valence-corrected chi connectivity index (χ0v) is 7.30. The van der Waals surface area contributed by atoms with Gasteiger partial charge in [-0.2, -0.15) is 0 Å². The number of methoxy groups -OCH3 is 1. The van der Waals surface area contributed by atoms with E-state index in [1.54, 1.807) is 0 Å². The Hall–Kier alpha value is -2.11. The molecule has 1 rings (SSSR count). The highest BCUT2D eigenvalue weighted by atomic mass is 16.7. The molecule has 0 aromatic heterocycles. The number of hydrogen-bond acceptors (Lipinski definition) is 5. The molecule has 6 heteroatoms. The van der Waals surface area contributed by atoms with E-state index in [1.165, 1.54) is 24.3 Å². The largest absolute Gasteiger partial charge is 0.513 e. The van der Waals surface area contributed by atoms with E-state index in [0.717, 1.165) is 7.11 Å². The van der Waals surface area contributed by atoms with Crippen LogP contribution in [0.2, 0.25) is 0 Å². The molecule has 0 saturated heterocycles. The molecule has 0 saturated carbocycles. The molecule has 0 heterocycles. The molecule has 0 N–H and O–H groups in total. The van der Waals surface area contributed by atoms with Gasteiger partial charge in [0.2, 0.25) is 5.75 Å². The van der Waals surface area contributed by atoms with Crippen LogP contribution >= 0.6 is 0 Å². The lowest BCUT2D eigenvalue weighted by Gasteiger charge is -2.01. The van der Waals surface area contributed by atoms with Crippen molar-refractivity contribution in [2.75, 3.05) is 7.11 Å². The minimum atomic E-state index is -0.987. The summed E-state index contributed by atoms with van der Waals surface area (Å²) >= 11 is 0. The van der Waals surface area contributed by atoms with Crippen molar-refractivity contribution in [2.45, 2.75) is 0 Å². The minimum absolute atomic E-state index is 0.135. The van der Waals surface area contributed by atoms with Gasteiger partial charge in [0.25, 0.3) is 0 Å². The van der Waals surface area contributed by atoms with Gasteiger partial charge in [-0.25, -0.2) is 4.79 Å². The van der Waals surface area contributed by atoms with Crippen molar-refractivity contribution in [2.24, 2.45) is 0 Å². The van der Waals surface area contributed by atoms with Crippen LogP contribution in [-0.2, 0) is 4.74 Å². The summed E-state index contributed by atoms with van der Waals surface area (Å²) in [5, 5.41) is 10.5. The van der Waals surface area contributed by atoms with Crippen LogP contribution in [0.4, 0.5) is 10.5 Å². The quantitative estimate of drug-likeness (QED) is 0.312. The Morgan fingerprint density at radius 3 is 2.64 bits per heavy atom. The van der Waals surface area contributed by atoms with Gasteiger partial charge in [-0.3, -0.25) is 10.1 Å². The zero-order valence-electron chi connectivity index (χ0n) is 7.30. The number of carbonyl (C=O) groups excluding carboxylic acids is 1. The van der Waals surface area contributed by atoms with Crippen LogP contribution in [-0.4, -0.2) is 18.2 Å². The number of nitrogens with zero attached hydrogens (tertiary/aromatic N) is 1. The molecule has 0 spiro atoms. The van der Waals surface area contributed by atoms with Gasteiger partial charge in [-0.05, 0) is 6.07 Å². The van der Waals surface area contributed by atoms with Crippen molar-refractivity contribution in [1.29, 1.82) is 0 Å². The Labute approximate surface area is 79.2 Å². The molecular formula is C8H7NO5. The number of benzene rings is 1. The molecule has 6 nitrogen and oxygen atoms in total. The van der Waals surface area contributed by atoms with E-state index < -0.39 is 11.1 Å². The lowest BCUT2D eigenvalue weighted by molar-refractivity contribution is -0.385. The van der Waals surface area contributed by atoms with E-state index >= 15 is 0 Å². The van der Waals surface area contributed by atoms with Crippen molar-refractivity contribution in [3.05, 3.63) is 34.4 Å². The molecule has 0 fully saturated rings. The number of carbonyl (C=O) groups is 1. The van der Waals surface area contributed by atoms with Gasteiger partial charge in [0.1, 0.15) is 0 Å². The Morgan fingerprint density at radius 1 is 1.43 bits per heavy atom. The fourth-order valence-corrected chi connectivity index (χ4v) is 0.826. The monoisotopic (exact) mass is 197 g/mol. The third kappa shape index (κ3) is 2.19. The normalized spacial score (nSPS) is 9.21. The molecule has 74 valence electrons. The predicted molar refractivity (Wildman–Crippen MR) is 46.1 cm³/mol. The van der Waals surface area contributed by atoms with Crippen molar-refractivity contribution >= 4 is 11.8 Å². The summed E-state index contributed by atoms with van der Waals surface area (Å²) in [6, 6.07) is 5.54. The third-order valence-corrected chi connectivity index (χ3v) is 1.42. The van der Waals surface area contributed by atoms with Crippen molar-refractivity contribution in [1.82, 2.24) is 0 Å². The Morgan fingerprint density at radius 2 is 2.07 bits per heavy atom. The van der Waals surface area contributed by atoms with E-state index in [9.17, 15) is 14.9 Å². The number of hydrogen-bond donors (Lipinski definition) is 0. The van der Waals surface area contributed by atoms with E-state index in [-0.39, 0.29) is 11.4 Å². The first-order valence-corrected chi connectivity index (χ1v) is 3.64. The molecule has 1 aromatic carbocycles. The second kappa shape index (κ2) is 4.22. The molecule has 0 radical (unpaired) electrons. The fraction of sp³-hybridized carbons (Fsp3) is 0.125. The molecule has 0 amide bonds. The molecule has 0 bridgehead atoms. The SMILES string of the molecule is COC(=O)Oc1ccccc1[N+](=O)[O-]. The third-order valence-electron chi connectivity index (χ3n) is 1.42. The van der Waals surface area contributed by atoms with Crippen molar-refractivity contribution in [3.63, 3.8) is 0 Å². The molecule has 0 aliphatic rings. The fourth-order valence-electron chi connectivity index (χ4n) is 0.826. The van der Waals surface area contributed by atoms with Crippen LogP contribution in [0.3, 0.4) is 0 Å². The standard InChI is InChI=1S/C8H7NO5/c1-13-8(10)14-7-5-3-2-4-6(7)9(11)12/h2-5H,1H3. The lowest BCUT2D eigenvalue weighted by Crippen LogP contribution is -2.08. The molecule has 0 atom stereocenters. The van der Waals surface area contributed by atoms with E-state index in [1.807, 2.05) is 0 Å². The van der Waals surface area contributed by atoms with E-state index in [2.05, 4.69) is 9.47 Å². The average molecular weight is 197 g/mol. The first-order chi connectivity index (χ1) is 6.65. The van der Waals surface area contributed by atoms with E-state index in [4.69, 9.17) is 0 Å². The van der Waals surface area contributed by atoms with Crippen LogP contribution in [0.25, 0.3) is 0 Å². The van der Waals surface area contributed by atoms with Crippen molar-refractivity contribution < 1.29 is 19.2 Å². The lowest BCUT2D eigenvalue weighted by atomic mass is 10.3. The van der Waals surface area contributed by atoms with Crippen LogP contribution in [0, 0.1) is 10.1 Å². The van der Waals surface area contributed by atoms with Crippen molar-refractivity contribution in [3.8, 4) is 5.75 Å². The number of rotatable bonds is 2. The zero-order chi connectivity index (χ0) is 10.6. The number of para-hydroxylation sites is 2. The first-order valence-electron chi connectivity index (χ1n) is 3.64. The molecular weight excluding hydrogens is 190 g/mol. The first kappa shape index (κ1) is 9.97. The number of nitro groups is 1.